The van der Waals surface area contributed by atoms with Gasteiger partial charge in [-0.3, -0.25) is 4.98 Å². The van der Waals surface area contributed by atoms with E-state index in [0.29, 0.717) is 0 Å². The molecule has 2 atom stereocenters. The number of aliphatic hydroxyl groups is 1. The second-order valence-electron chi connectivity index (χ2n) is 4.08. The number of pyridine rings is 1. The molecule has 3 heteroatoms. The molecule has 0 amide bonds. The Balaban J connectivity index is 2.52. The average molecular weight is 192 g/mol. The lowest BCUT2D eigenvalue weighted by molar-refractivity contribution is -0.0232. The highest BCUT2D eigenvalue weighted by Crippen LogP contribution is 2.37. The molecule has 0 aromatic carbocycles. The maximum absolute atomic E-state index is 10.4. The molecule has 0 radical (unpaired) electrons. The SMILES string of the molecule is CC1CCc2cccnc2C1(O)CN. The minimum atomic E-state index is -0.922. The number of hydrogen-bond acceptors (Lipinski definition) is 3. The predicted molar refractivity (Wildman–Crippen MR) is 54.7 cm³/mol. The minimum Gasteiger partial charge on any atom is -0.382 e. The fraction of sp³-hybridized carbons (Fsp3) is 0.545. The minimum absolute atomic E-state index is 0.190. The van der Waals surface area contributed by atoms with E-state index in [1.54, 1.807) is 6.20 Å². The van der Waals surface area contributed by atoms with Crippen molar-refractivity contribution in [3.8, 4) is 0 Å². The first-order valence-corrected chi connectivity index (χ1v) is 5.05. The van der Waals surface area contributed by atoms with Crippen LogP contribution in [0.5, 0.6) is 0 Å². The molecule has 14 heavy (non-hydrogen) atoms. The lowest BCUT2D eigenvalue weighted by atomic mass is 9.75. The smallest absolute Gasteiger partial charge is 0.121 e. The zero-order valence-corrected chi connectivity index (χ0v) is 8.40. The molecule has 1 aromatic heterocycles. The third kappa shape index (κ3) is 1.24. The zero-order valence-electron chi connectivity index (χ0n) is 8.40. The van der Waals surface area contributed by atoms with E-state index >= 15 is 0 Å². The molecule has 1 heterocycles. The average Bonchev–Trinajstić information content (AvgIpc) is 2.24. The van der Waals surface area contributed by atoms with Gasteiger partial charge in [0.25, 0.3) is 0 Å². The van der Waals surface area contributed by atoms with E-state index in [1.807, 2.05) is 19.1 Å². The van der Waals surface area contributed by atoms with Crippen molar-refractivity contribution in [2.24, 2.45) is 11.7 Å². The fourth-order valence-corrected chi connectivity index (χ4v) is 2.17. The molecule has 0 bridgehead atoms. The Kier molecular flexibility index (Phi) is 2.29. The molecule has 1 aromatic rings. The molecule has 1 aliphatic carbocycles. The van der Waals surface area contributed by atoms with Gasteiger partial charge >= 0.3 is 0 Å². The fourth-order valence-electron chi connectivity index (χ4n) is 2.17. The lowest BCUT2D eigenvalue weighted by Gasteiger charge is -2.37. The molecule has 2 unspecified atom stereocenters. The van der Waals surface area contributed by atoms with Crippen molar-refractivity contribution in [1.82, 2.24) is 4.98 Å². The standard InChI is InChI=1S/C11H16N2O/c1-8-4-5-9-3-2-6-13-10(9)11(8,14)7-12/h2-3,6,8,14H,4-5,7,12H2,1H3. The lowest BCUT2D eigenvalue weighted by Crippen LogP contribution is -2.45. The molecule has 0 spiro atoms. The van der Waals surface area contributed by atoms with Crippen molar-refractivity contribution in [2.45, 2.75) is 25.4 Å². The van der Waals surface area contributed by atoms with Crippen LogP contribution in [0.1, 0.15) is 24.6 Å². The maximum atomic E-state index is 10.4. The summed E-state index contributed by atoms with van der Waals surface area (Å²) in [6, 6.07) is 3.93. The molecule has 1 aliphatic rings. The van der Waals surface area contributed by atoms with E-state index in [0.717, 1.165) is 24.1 Å². The van der Waals surface area contributed by atoms with Crippen molar-refractivity contribution in [3.05, 3.63) is 29.6 Å². The van der Waals surface area contributed by atoms with E-state index in [1.165, 1.54) is 0 Å². The molecule has 3 N–H and O–H groups in total. The largest absolute Gasteiger partial charge is 0.382 e. The molecule has 0 aliphatic heterocycles. The molecular formula is C11H16N2O. The highest BCUT2D eigenvalue weighted by Gasteiger charge is 2.40. The van der Waals surface area contributed by atoms with Gasteiger partial charge in [-0.25, -0.2) is 0 Å². The van der Waals surface area contributed by atoms with Crippen LogP contribution >= 0.6 is 0 Å². The Bertz CT molecular complexity index is 340. The van der Waals surface area contributed by atoms with Gasteiger partial charge in [0, 0.05) is 12.7 Å². The molecule has 0 saturated heterocycles. The van der Waals surface area contributed by atoms with Crippen LogP contribution < -0.4 is 5.73 Å². The zero-order chi connectivity index (χ0) is 10.2. The summed E-state index contributed by atoms with van der Waals surface area (Å²) >= 11 is 0. The number of rotatable bonds is 1. The van der Waals surface area contributed by atoms with Gasteiger partial charge < -0.3 is 10.8 Å². The van der Waals surface area contributed by atoms with Gasteiger partial charge in [-0.15, -0.1) is 0 Å². The Morgan fingerprint density at radius 3 is 3.21 bits per heavy atom. The molecule has 76 valence electrons. The highest BCUT2D eigenvalue weighted by atomic mass is 16.3. The van der Waals surface area contributed by atoms with Gasteiger partial charge in [0.1, 0.15) is 5.60 Å². The second-order valence-corrected chi connectivity index (χ2v) is 4.08. The van der Waals surface area contributed by atoms with Crippen molar-refractivity contribution in [1.29, 1.82) is 0 Å². The summed E-state index contributed by atoms with van der Waals surface area (Å²) in [5, 5.41) is 10.4. The first kappa shape index (κ1) is 9.62. The summed E-state index contributed by atoms with van der Waals surface area (Å²) in [4.78, 5) is 4.26. The number of aryl methyl sites for hydroxylation is 1. The number of hydrogen-bond donors (Lipinski definition) is 2. The molecule has 3 nitrogen and oxygen atoms in total. The number of aromatic nitrogens is 1. The van der Waals surface area contributed by atoms with Gasteiger partial charge in [0.05, 0.1) is 5.69 Å². The van der Waals surface area contributed by atoms with Gasteiger partial charge in [-0.05, 0) is 30.4 Å². The Hall–Kier alpha value is -0.930. The second kappa shape index (κ2) is 3.33. The van der Waals surface area contributed by atoms with Crippen LogP contribution in [0, 0.1) is 5.92 Å². The van der Waals surface area contributed by atoms with Crippen molar-refractivity contribution < 1.29 is 5.11 Å². The number of nitrogens with zero attached hydrogens (tertiary/aromatic N) is 1. The number of nitrogens with two attached hydrogens (primary N) is 1. The monoisotopic (exact) mass is 192 g/mol. The van der Waals surface area contributed by atoms with Crippen LogP contribution in [0.15, 0.2) is 18.3 Å². The quantitative estimate of drug-likeness (QED) is 0.692. The third-order valence-corrected chi connectivity index (χ3v) is 3.27. The van der Waals surface area contributed by atoms with Crippen molar-refractivity contribution in [3.63, 3.8) is 0 Å². The molecular weight excluding hydrogens is 176 g/mol. The van der Waals surface area contributed by atoms with Crippen LogP contribution in [0.2, 0.25) is 0 Å². The van der Waals surface area contributed by atoms with Gasteiger partial charge in [-0.2, -0.15) is 0 Å². The summed E-state index contributed by atoms with van der Waals surface area (Å²) in [5.74, 6) is 0.190. The van der Waals surface area contributed by atoms with Crippen LogP contribution in [0.4, 0.5) is 0 Å². The summed E-state index contributed by atoms with van der Waals surface area (Å²) in [6.07, 6.45) is 3.69. The van der Waals surface area contributed by atoms with Gasteiger partial charge in [0.2, 0.25) is 0 Å². The third-order valence-electron chi connectivity index (χ3n) is 3.27. The number of fused-ring (bicyclic) bond motifs is 1. The normalized spacial score (nSPS) is 31.2. The summed E-state index contributed by atoms with van der Waals surface area (Å²) in [5.41, 5.74) is 6.65. The van der Waals surface area contributed by atoms with E-state index in [2.05, 4.69) is 4.98 Å². The van der Waals surface area contributed by atoms with Crippen LogP contribution in [-0.4, -0.2) is 16.6 Å². The van der Waals surface area contributed by atoms with Crippen molar-refractivity contribution >= 4 is 0 Å². The van der Waals surface area contributed by atoms with Gasteiger partial charge in [0.15, 0.2) is 0 Å². The van der Waals surface area contributed by atoms with Crippen LogP contribution in [0.3, 0.4) is 0 Å². The summed E-state index contributed by atoms with van der Waals surface area (Å²) in [7, 11) is 0. The summed E-state index contributed by atoms with van der Waals surface area (Å²) in [6.45, 7) is 2.28. The van der Waals surface area contributed by atoms with E-state index in [9.17, 15) is 5.11 Å². The first-order chi connectivity index (χ1) is 6.68. The van der Waals surface area contributed by atoms with E-state index in [-0.39, 0.29) is 12.5 Å². The Morgan fingerprint density at radius 2 is 2.50 bits per heavy atom. The van der Waals surface area contributed by atoms with Crippen LogP contribution in [-0.2, 0) is 12.0 Å². The molecule has 0 saturated carbocycles. The first-order valence-electron chi connectivity index (χ1n) is 5.05. The van der Waals surface area contributed by atoms with Crippen molar-refractivity contribution in [2.75, 3.05) is 6.54 Å². The molecule has 0 fully saturated rings. The maximum Gasteiger partial charge on any atom is 0.121 e. The summed E-state index contributed by atoms with van der Waals surface area (Å²) < 4.78 is 0. The Morgan fingerprint density at radius 1 is 1.71 bits per heavy atom. The topological polar surface area (TPSA) is 59.1 Å². The highest BCUT2D eigenvalue weighted by molar-refractivity contribution is 5.29. The van der Waals surface area contributed by atoms with E-state index < -0.39 is 5.60 Å². The molecule has 2 rings (SSSR count). The van der Waals surface area contributed by atoms with E-state index in [4.69, 9.17) is 5.73 Å². The van der Waals surface area contributed by atoms with Crippen LogP contribution in [0.25, 0.3) is 0 Å². The van der Waals surface area contributed by atoms with Gasteiger partial charge in [-0.1, -0.05) is 13.0 Å². The predicted octanol–water partition coefficient (Wildman–Crippen LogP) is 0.810. The Labute approximate surface area is 84.0 Å².